The molecular weight excluding hydrogens is 446 g/mol. The Morgan fingerprint density at radius 3 is 2.38 bits per heavy atom. The lowest BCUT2D eigenvalue weighted by atomic mass is 9.92. The Hall–Kier alpha value is -2.09. The van der Waals surface area contributed by atoms with E-state index in [1.54, 1.807) is 30.3 Å². The molecule has 2 atom stereocenters. The summed E-state index contributed by atoms with van der Waals surface area (Å²) in [6, 6.07) is 11.1. The van der Waals surface area contributed by atoms with E-state index in [2.05, 4.69) is 28.8 Å². The lowest BCUT2D eigenvalue weighted by molar-refractivity contribution is 0.0947. The van der Waals surface area contributed by atoms with Crippen molar-refractivity contribution in [1.29, 1.82) is 0 Å². The predicted molar refractivity (Wildman–Crippen MR) is 130 cm³/mol. The number of piperidine rings is 1. The van der Waals surface area contributed by atoms with E-state index in [9.17, 15) is 13.2 Å². The van der Waals surface area contributed by atoms with E-state index in [0.717, 1.165) is 43.5 Å². The first-order valence-electron chi connectivity index (χ1n) is 11.0. The largest absolute Gasteiger partial charge is 0.352 e. The number of benzene rings is 2. The van der Waals surface area contributed by atoms with Gasteiger partial charge < -0.3 is 10.2 Å². The van der Waals surface area contributed by atoms with Gasteiger partial charge in [0.1, 0.15) is 0 Å². The van der Waals surface area contributed by atoms with Gasteiger partial charge >= 0.3 is 0 Å². The van der Waals surface area contributed by atoms with E-state index in [-0.39, 0.29) is 21.5 Å². The van der Waals surface area contributed by atoms with E-state index in [1.807, 2.05) is 6.92 Å². The molecule has 32 heavy (non-hydrogen) atoms. The van der Waals surface area contributed by atoms with Crippen LogP contribution in [0.15, 0.2) is 47.4 Å². The van der Waals surface area contributed by atoms with Gasteiger partial charge in [-0.2, -0.15) is 0 Å². The number of likely N-dealkylation sites (tertiary alicyclic amines) is 1. The molecule has 2 N–H and O–H groups in total. The van der Waals surface area contributed by atoms with Gasteiger partial charge in [0.15, 0.2) is 0 Å². The molecule has 6 nitrogen and oxygen atoms in total. The van der Waals surface area contributed by atoms with Crippen LogP contribution in [0.1, 0.15) is 42.6 Å². The van der Waals surface area contributed by atoms with Crippen LogP contribution in [0.25, 0.3) is 0 Å². The van der Waals surface area contributed by atoms with Gasteiger partial charge in [-0.05, 0) is 68.5 Å². The Bertz CT molecular complexity index is 1030. The topological polar surface area (TPSA) is 78.5 Å². The number of sulfonamides is 1. The summed E-state index contributed by atoms with van der Waals surface area (Å²) in [5.41, 5.74) is 1.60. The second-order valence-electron chi connectivity index (χ2n) is 8.93. The molecule has 1 amide bonds. The highest BCUT2D eigenvalue weighted by Crippen LogP contribution is 2.26. The molecule has 2 aromatic rings. The number of anilines is 1. The van der Waals surface area contributed by atoms with Gasteiger partial charge in [-0.3, -0.25) is 9.52 Å². The van der Waals surface area contributed by atoms with E-state index in [0.29, 0.717) is 12.1 Å². The molecule has 0 aromatic heterocycles. The first kappa shape index (κ1) is 24.6. The van der Waals surface area contributed by atoms with E-state index in [4.69, 9.17) is 11.6 Å². The summed E-state index contributed by atoms with van der Waals surface area (Å²) < 4.78 is 27.6. The number of aryl methyl sites for hydroxylation is 1. The predicted octanol–water partition coefficient (Wildman–Crippen LogP) is 4.55. The Morgan fingerprint density at radius 2 is 1.75 bits per heavy atom. The van der Waals surface area contributed by atoms with Gasteiger partial charge in [0.25, 0.3) is 15.9 Å². The quantitative estimate of drug-likeness (QED) is 0.547. The molecular formula is C24H32ClN3O3S. The van der Waals surface area contributed by atoms with Gasteiger partial charge in [0, 0.05) is 25.2 Å². The summed E-state index contributed by atoms with van der Waals surface area (Å²) in [7, 11) is -3.76. The number of nitrogens with zero attached hydrogens (tertiary/aromatic N) is 1. The molecule has 174 valence electrons. The fourth-order valence-electron chi connectivity index (χ4n) is 4.24. The molecule has 0 bridgehead atoms. The molecule has 0 spiro atoms. The van der Waals surface area contributed by atoms with Gasteiger partial charge in [-0.1, -0.05) is 43.1 Å². The highest BCUT2D eigenvalue weighted by atomic mass is 35.5. The number of carbonyl (C=O) groups is 1. The zero-order valence-corrected chi connectivity index (χ0v) is 20.5. The van der Waals surface area contributed by atoms with Crippen LogP contribution in [0.3, 0.4) is 0 Å². The van der Waals surface area contributed by atoms with Crippen LogP contribution in [-0.4, -0.2) is 45.4 Å². The highest BCUT2D eigenvalue weighted by Gasteiger charge is 2.21. The van der Waals surface area contributed by atoms with Crippen molar-refractivity contribution in [3.05, 3.63) is 58.6 Å². The standard InChI is InChI=1S/C24H32ClN3O3S/c1-17-5-8-21(9-6-17)32(30,31)27-23-10-7-20(14-22(23)25)24(29)26-11-4-12-28-15-18(2)13-19(3)16-28/h5-10,14,18-19,27H,4,11-13,15-16H2,1-3H3,(H,26,29). The van der Waals surface area contributed by atoms with Gasteiger partial charge in [0.2, 0.25) is 0 Å². The average Bonchev–Trinajstić information content (AvgIpc) is 2.72. The molecule has 1 aliphatic rings. The van der Waals surface area contributed by atoms with E-state index in [1.165, 1.54) is 18.6 Å². The van der Waals surface area contributed by atoms with Gasteiger partial charge in [0.05, 0.1) is 15.6 Å². The Morgan fingerprint density at radius 1 is 1.09 bits per heavy atom. The lowest BCUT2D eigenvalue weighted by Crippen LogP contribution is -2.40. The van der Waals surface area contributed by atoms with Crippen molar-refractivity contribution in [2.75, 3.05) is 30.9 Å². The zero-order chi connectivity index (χ0) is 23.3. The molecule has 0 radical (unpaired) electrons. The van der Waals surface area contributed by atoms with Crippen LogP contribution >= 0.6 is 11.6 Å². The van der Waals surface area contributed by atoms with Crippen LogP contribution < -0.4 is 10.0 Å². The minimum absolute atomic E-state index is 0.151. The van der Waals surface area contributed by atoms with Crippen molar-refractivity contribution in [2.45, 2.75) is 38.5 Å². The monoisotopic (exact) mass is 477 g/mol. The fraction of sp³-hybridized carbons (Fsp3) is 0.458. The Kier molecular flexibility index (Phi) is 8.20. The zero-order valence-electron chi connectivity index (χ0n) is 18.9. The normalized spacial score (nSPS) is 19.5. The molecule has 8 heteroatoms. The fourth-order valence-corrected chi connectivity index (χ4v) is 5.61. The van der Waals surface area contributed by atoms with Crippen LogP contribution in [0.2, 0.25) is 5.02 Å². The summed E-state index contributed by atoms with van der Waals surface area (Å²) in [5, 5.41) is 3.10. The number of hydrogen-bond donors (Lipinski definition) is 2. The van der Waals surface area contributed by atoms with Crippen molar-refractivity contribution in [3.63, 3.8) is 0 Å². The molecule has 0 aliphatic carbocycles. The third kappa shape index (κ3) is 6.70. The minimum Gasteiger partial charge on any atom is -0.352 e. The molecule has 0 saturated carbocycles. The number of amides is 1. The summed E-state index contributed by atoms with van der Waals surface area (Å²) in [4.78, 5) is 15.1. The maximum atomic E-state index is 12.6. The van der Waals surface area contributed by atoms with Crippen LogP contribution in [-0.2, 0) is 10.0 Å². The molecule has 1 saturated heterocycles. The number of carbonyl (C=O) groups excluding carboxylic acids is 1. The minimum atomic E-state index is -3.76. The number of hydrogen-bond acceptors (Lipinski definition) is 4. The van der Waals surface area contributed by atoms with Crippen molar-refractivity contribution >= 4 is 33.2 Å². The second kappa shape index (κ2) is 10.7. The first-order chi connectivity index (χ1) is 15.1. The van der Waals surface area contributed by atoms with Crippen LogP contribution in [0.5, 0.6) is 0 Å². The average molecular weight is 478 g/mol. The third-order valence-electron chi connectivity index (χ3n) is 5.69. The molecule has 1 fully saturated rings. The molecule has 2 unspecified atom stereocenters. The second-order valence-corrected chi connectivity index (χ2v) is 11.0. The Labute approximate surface area is 196 Å². The lowest BCUT2D eigenvalue weighted by Gasteiger charge is -2.34. The number of nitrogens with one attached hydrogen (secondary N) is 2. The smallest absolute Gasteiger partial charge is 0.261 e. The van der Waals surface area contributed by atoms with Gasteiger partial charge in [-0.25, -0.2) is 8.42 Å². The first-order valence-corrected chi connectivity index (χ1v) is 12.9. The highest BCUT2D eigenvalue weighted by molar-refractivity contribution is 7.92. The van der Waals surface area contributed by atoms with Crippen molar-refractivity contribution in [3.8, 4) is 0 Å². The van der Waals surface area contributed by atoms with Crippen molar-refractivity contribution < 1.29 is 13.2 Å². The maximum Gasteiger partial charge on any atom is 0.261 e. The molecule has 1 aliphatic heterocycles. The van der Waals surface area contributed by atoms with Crippen LogP contribution in [0, 0.1) is 18.8 Å². The summed E-state index contributed by atoms with van der Waals surface area (Å²) >= 11 is 6.27. The van der Waals surface area contributed by atoms with Crippen LogP contribution in [0.4, 0.5) is 5.69 Å². The summed E-state index contributed by atoms with van der Waals surface area (Å²) in [6.45, 7) is 10.3. The SMILES string of the molecule is Cc1ccc(S(=O)(=O)Nc2ccc(C(=O)NCCCN3CC(C)CC(C)C3)cc2Cl)cc1. The molecule has 3 rings (SSSR count). The number of halogens is 1. The number of rotatable bonds is 8. The molecule has 2 aromatic carbocycles. The summed E-state index contributed by atoms with van der Waals surface area (Å²) in [6.07, 6.45) is 2.17. The van der Waals surface area contributed by atoms with E-state index < -0.39 is 10.0 Å². The maximum absolute atomic E-state index is 12.6. The van der Waals surface area contributed by atoms with Gasteiger partial charge in [-0.15, -0.1) is 0 Å². The third-order valence-corrected chi connectivity index (χ3v) is 7.38. The van der Waals surface area contributed by atoms with E-state index >= 15 is 0 Å². The van der Waals surface area contributed by atoms with Crippen molar-refractivity contribution in [2.24, 2.45) is 11.8 Å². The molecule has 1 heterocycles. The summed E-state index contributed by atoms with van der Waals surface area (Å²) in [5.74, 6) is 1.22. The van der Waals surface area contributed by atoms with Crippen molar-refractivity contribution in [1.82, 2.24) is 10.2 Å². The Balaban J connectivity index is 1.52.